The number of sulfonamides is 1. The summed E-state index contributed by atoms with van der Waals surface area (Å²) in [5.41, 5.74) is 8.82. The zero-order valence-electron chi connectivity index (χ0n) is 14.0. The zero-order chi connectivity index (χ0) is 18.1. The van der Waals surface area contributed by atoms with Gasteiger partial charge in [0.25, 0.3) is 0 Å². The minimum Gasteiger partial charge on any atom is -0.322 e. The molecule has 2 aromatic rings. The van der Waals surface area contributed by atoms with Crippen LogP contribution in [0.4, 0.5) is 0 Å². The molecule has 0 aliphatic heterocycles. The van der Waals surface area contributed by atoms with E-state index in [0.29, 0.717) is 28.7 Å². The molecular weight excluding hydrogens is 322 g/mol. The Kier molecular flexibility index (Phi) is 4.81. The van der Waals surface area contributed by atoms with Crippen molar-refractivity contribution < 1.29 is 8.42 Å². The van der Waals surface area contributed by atoms with Gasteiger partial charge in [0.2, 0.25) is 10.0 Å². The third kappa shape index (κ3) is 3.49. The van der Waals surface area contributed by atoms with Crippen LogP contribution >= 0.6 is 0 Å². The van der Waals surface area contributed by atoms with E-state index in [1.807, 2.05) is 45.0 Å². The Morgan fingerprint density at radius 1 is 1.12 bits per heavy atom. The Balaban J connectivity index is 2.79. The van der Waals surface area contributed by atoms with E-state index >= 15 is 0 Å². The van der Waals surface area contributed by atoms with Crippen molar-refractivity contribution in [2.75, 3.05) is 0 Å². The van der Waals surface area contributed by atoms with E-state index in [1.54, 1.807) is 0 Å². The number of nitriles is 1. The fourth-order valence-corrected chi connectivity index (χ4v) is 3.50. The average Bonchev–Trinajstić information content (AvgIpc) is 2.51. The highest BCUT2D eigenvalue weighted by Crippen LogP contribution is 2.34. The van der Waals surface area contributed by atoms with Gasteiger partial charge in [-0.25, -0.2) is 13.6 Å². The first-order chi connectivity index (χ1) is 11.1. The van der Waals surface area contributed by atoms with Gasteiger partial charge in [0.15, 0.2) is 0 Å². The molecule has 0 saturated carbocycles. The van der Waals surface area contributed by atoms with Crippen molar-refractivity contribution in [3.63, 3.8) is 0 Å². The van der Waals surface area contributed by atoms with E-state index in [0.717, 1.165) is 5.56 Å². The summed E-state index contributed by atoms with van der Waals surface area (Å²) in [4.78, 5) is 0.0260. The molecule has 0 spiro atoms. The normalized spacial score (nSPS) is 12.0. The van der Waals surface area contributed by atoms with Crippen LogP contribution in [0.15, 0.2) is 41.3 Å². The monoisotopic (exact) mass is 343 g/mol. The van der Waals surface area contributed by atoms with Gasteiger partial charge in [0.05, 0.1) is 16.5 Å². The number of hydrogen-bond donors (Lipinski definition) is 2. The van der Waals surface area contributed by atoms with Gasteiger partial charge >= 0.3 is 0 Å². The van der Waals surface area contributed by atoms with Gasteiger partial charge in [-0.15, -0.1) is 0 Å². The lowest BCUT2D eigenvalue weighted by molar-refractivity contribution is 0.554. The smallest absolute Gasteiger partial charge is 0.238 e. The van der Waals surface area contributed by atoms with Gasteiger partial charge in [-0.2, -0.15) is 5.26 Å². The van der Waals surface area contributed by atoms with Gasteiger partial charge in [-0.1, -0.05) is 31.2 Å². The molecule has 6 heteroatoms. The number of benzene rings is 2. The molecule has 0 heterocycles. The number of hydrogen-bond acceptors (Lipinski definition) is 4. The lowest BCUT2D eigenvalue weighted by Crippen LogP contribution is -2.28. The topological polar surface area (TPSA) is 110 Å². The van der Waals surface area contributed by atoms with Crippen molar-refractivity contribution in [2.45, 2.75) is 37.6 Å². The maximum Gasteiger partial charge on any atom is 0.238 e. The van der Waals surface area contributed by atoms with Crippen LogP contribution < -0.4 is 10.9 Å². The summed E-state index contributed by atoms with van der Waals surface area (Å²) in [6.45, 7) is 5.67. The van der Waals surface area contributed by atoms with E-state index in [-0.39, 0.29) is 4.90 Å². The molecule has 0 bridgehead atoms. The molecule has 24 heavy (non-hydrogen) atoms. The second-order valence-corrected chi connectivity index (χ2v) is 7.80. The van der Waals surface area contributed by atoms with E-state index < -0.39 is 15.6 Å². The molecule has 0 aliphatic carbocycles. The summed E-state index contributed by atoms with van der Waals surface area (Å²) in [6, 6.07) is 12.4. The van der Waals surface area contributed by atoms with Gasteiger partial charge in [-0.05, 0) is 49.1 Å². The van der Waals surface area contributed by atoms with Crippen LogP contribution in [0.1, 0.15) is 37.5 Å². The lowest BCUT2D eigenvalue weighted by atomic mass is 9.90. The third-order valence-corrected chi connectivity index (χ3v) is 4.93. The molecule has 0 aliphatic rings. The maximum absolute atomic E-state index is 12.0. The van der Waals surface area contributed by atoms with E-state index in [2.05, 4.69) is 6.07 Å². The van der Waals surface area contributed by atoms with Crippen LogP contribution in [0.25, 0.3) is 11.1 Å². The van der Waals surface area contributed by atoms with Gasteiger partial charge < -0.3 is 5.73 Å². The molecule has 2 rings (SSSR count). The molecule has 0 atom stereocenters. The summed E-state index contributed by atoms with van der Waals surface area (Å²) >= 11 is 0. The Bertz CT molecular complexity index is 903. The Labute approximate surface area is 143 Å². The van der Waals surface area contributed by atoms with Gasteiger partial charge in [-0.3, -0.25) is 0 Å². The standard InChI is InChI=1S/C18H21N3O2S/c1-4-15-13(11-19)7-10-16(24(21,22)23)17(15)12-5-8-14(9-6-12)18(2,3)20/h5-10H,4,20H2,1-3H3,(H2,21,22,23). The van der Waals surface area contributed by atoms with Crippen LogP contribution in [0, 0.1) is 11.3 Å². The van der Waals surface area contributed by atoms with Crippen molar-refractivity contribution in [1.82, 2.24) is 0 Å². The summed E-state index contributed by atoms with van der Waals surface area (Å²) in [5.74, 6) is 0. The second kappa shape index (κ2) is 6.36. The molecule has 126 valence electrons. The predicted molar refractivity (Wildman–Crippen MR) is 94.6 cm³/mol. The van der Waals surface area contributed by atoms with Crippen molar-refractivity contribution in [3.05, 3.63) is 53.1 Å². The van der Waals surface area contributed by atoms with Crippen LogP contribution in [0.2, 0.25) is 0 Å². The molecule has 0 unspecified atom stereocenters. The molecule has 2 aromatic carbocycles. The van der Waals surface area contributed by atoms with Crippen molar-refractivity contribution in [2.24, 2.45) is 10.9 Å². The number of rotatable bonds is 4. The summed E-state index contributed by atoms with van der Waals surface area (Å²) < 4.78 is 24.0. The molecule has 0 aromatic heterocycles. The van der Waals surface area contributed by atoms with Crippen LogP contribution in [0.5, 0.6) is 0 Å². The average molecular weight is 343 g/mol. The van der Waals surface area contributed by atoms with E-state index in [1.165, 1.54) is 12.1 Å². The minimum absolute atomic E-state index is 0.0260. The summed E-state index contributed by atoms with van der Waals surface area (Å²) in [5, 5.41) is 14.7. The molecule has 0 radical (unpaired) electrons. The minimum atomic E-state index is -3.91. The second-order valence-electron chi connectivity index (χ2n) is 6.27. The third-order valence-electron chi connectivity index (χ3n) is 3.97. The van der Waals surface area contributed by atoms with Crippen molar-refractivity contribution in [1.29, 1.82) is 5.26 Å². The zero-order valence-corrected chi connectivity index (χ0v) is 14.8. The highest BCUT2D eigenvalue weighted by molar-refractivity contribution is 7.89. The Morgan fingerprint density at radius 3 is 2.12 bits per heavy atom. The first-order valence-electron chi connectivity index (χ1n) is 7.58. The van der Waals surface area contributed by atoms with Crippen LogP contribution in [-0.2, 0) is 22.0 Å². The molecule has 0 fully saturated rings. The first kappa shape index (κ1) is 18.1. The van der Waals surface area contributed by atoms with Gasteiger partial charge in [0.1, 0.15) is 0 Å². The summed E-state index contributed by atoms with van der Waals surface area (Å²) in [7, 11) is -3.91. The molecule has 0 amide bonds. The maximum atomic E-state index is 12.0. The van der Waals surface area contributed by atoms with E-state index in [4.69, 9.17) is 10.9 Å². The highest BCUT2D eigenvalue weighted by Gasteiger charge is 2.21. The number of primary sulfonamides is 1. The predicted octanol–water partition coefficient (Wildman–Crippen LogP) is 2.63. The number of nitrogens with zero attached hydrogens (tertiary/aromatic N) is 1. The van der Waals surface area contributed by atoms with Gasteiger partial charge in [0, 0.05) is 11.1 Å². The fraction of sp³-hybridized carbons (Fsp3) is 0.278. The van der Waals surface area contributed by atoms with E-state index in [9.17, 15) is 13.7 Å². The summed E-state index contributed by atoms with van der Waals surface area (Å²) in [6.07, 6.45) is 0.520. The quantitative estimate of drug-likeness (QED) is 0.889. The Morgan fingerprint density at radius 2 is 1.71 bits per heavy atom. The highest BCUT2D eigenvalue weighted by atomic mass is 32.2. The molecular formula is C18H21N3O2S. The SMILES string of the molecule is CCc1c(C#N)ccc(S(N)(=O)=O)c1-c1ccc(C(C)(C)N)cc1. The molecule has 5 nitrogen and oxygen atoms in total. The van der Waals surface area contributed by atoms with Crippen molar-refractivity contribution >= 4 is 10.0 Å². The fourth-order valence-electron chi connectivity index (χ4n) is 2.72. The van der Waals surface area contributed by atoms with Crippen LogP contribution in [0.3, 0.4) is 0 Å². The Hall–Kier alpha value is -2.20. The largest absolute Gasteiger partial charge is 0.322 e. The van der Waals surface area contributed by atoms with Crippen LogP contribution in [-0.4, -0.2) is 8.42 Å². The molecule has 4 N–H and O–H groups in total. The first-order valence-corrected chi connectivity index (χ1v) is 9.12. The molecule has 0 saturated heterocycles. The lowest BCUT2D eigenvalue weighted by Gasteiger charge is -2.20. The number of nitrogens with two attached hydrogens (primary N) is 2. The van der Waals surface area contributed by atoms with Crippen molar-refractivity contribution in [3.8, 4) is 17.2 Å².